The number of ether oxygens (including phenoxy) is 2. The summed E-state index contributed by atoms with van der Waals surface area (Å²) in [4.78, 5) is 54.3. The minimum absolute atomic E-state index is 0. The number of amides is 3. The number of hydrogen-bond donors (Lipinski definition) is 5. The van der Waals surface area contributed by atoms with Gasteiger partial charge in [0.2, 0.25) is 17.7 Å². The average Bonchev–Trinajstić information content (AvgIpc) is 2.84. The third-order valence-electron chi connectivity index (χ3n) is 5.32. The van der Waals surface area contributed by atoms with Gasteiger partial charge in [-0.3, -0.25) is 19.4 Å². The summed E-state index contributed by atoms with van der Waals surface area (Å²) >= 11 is 0. The fourth-order valence-corrected chi connectivity index (χ4v) is 3.53. The number of aliphatic imine (C=N–C) groups is 1. The van der Waals surface area contributed by atoms with Crippen LogP contribution >= 0.6 is 12.4 Å². The zero-order chi connectivity index (χ0) is 26.5. The number of methoxy groups -OCH3 is 1. The lowest BCUT2D eigenvalue weighted by Gasteiger charge is -2.24. The Bertz CT molecular complexity index is 980. The molecule has 0 saturated carbocycles. The van der Waals surface area contributed by atoms with E-state index in [9.17, 15) is 19.2 Å². The molecule has 0 spiro atoms. The lowest BCUT2D eigenvalue weighted by atomic mass is 10.0. The third-order valence-corrected chi connectivity index (χ3v) is 5.32. The molecule has 0 unspecified atom stereocenters. The predicted octanol–water partition coefficient (Wildman–Crippen LogP) is -0.309. The number of carbonyl (C=O) groups excluding carboxylic acids is 4. The molecule has 3 amide bonds. The van der Waals surface area contributed by atoms with Crippen LogP contribution in [0.3, 0.4) is 0 Å². The highest BCUT2D eigenvalue weighted by Crippen LogP contribution is 2.14. The molecule has 3 rings (SSSR count). The number of nitrogens with two attached hydrogens (primary N) is 2. The first-order valence-corrected chi connectivity index (χ1v) is 11.6. The molecule has 37 heavy (non-hydrogen) atoms. The molecular formula is C24H35ClN6O6. The molecular weight excluding hydrogens is 504 g/mol. The van der Waals surface area contributed by atoms with Gasteiger partial charge in [-0.25, -0.2) is 4.79 Å². The Balaban J connectivity index is 0.00000684. The van der Waals surface area contributed by atoms with Crippen molar-refractivity contribution >= 4 is 42.1 Å². The van der Waals surface area contributed by atoms with Crippen molar-refractivity contribution in [2.24, 2.45) is 16.5 Å². The zero-order valence-electron chi connectivity index (χ0n) is 20.9. The summed E-state index contributed by atoms with van der Waals surface area (Å²) < 4.78 is 10.5. The Labute approximate surface area is 222 Å². The molecule has 2 aliphatic heterocycles. The van der Waals surface area contributed by atoms with E-state index in [4.69, 9.17) is 20.9 Å². The van der Waals surface area contributed by atoms with Crippen LogP contribution in [0.15, 0.2) is 41.4 Å². The van der Waals surface area contributed by atoms with E-state index in [1.165, 1.54) is 14.0 Å². The summed E-state index contributed by atoms with van der Waals surface area (Å²) in [6.07, 6.45) is 4.35. The minimum atomic E-state index is -1.01. The number of guanidine groups is 1. The van der Waals surface area contributed by atoms with Crippen LogP contribution in [0, 0.1) is 0 Å². The first-order chi connectivity index (χ1) is 17.2. The molecule has 13 heteroatoms. The molecule has 3 atom stereocenters. The van der Waals surface area contributed by atoms with Crippen LogP contribution in [-0.4, -0.2) is 68.0 Å². The highest BCUT2D eigenvalue weighted by molar-refractivity contribution is 5.93. The van der Waals surface area contributed by atoms with E-state index in [1.807, 2.05) is 0 Å². The summed E-state index contributed by atoms with van der Waals surface area (Å²) in [6.45, 7) is 1.80. The van der Waals surface area contributed by atoms with Gasteiger partial charge in [0.1, 0.15) is 30.5 Å². The van der Waals surface area contributed by atoms with Crippen LogP contribution < -0.4 is 32.2 Å². The molecule has 1 aromatic rings. The molecule has 0 aliphatic carbocycles. The topological polar surface area (TPSA) is 187 Å². The third kappa shape index (κ3) is 11.2. The monoisotopic (exact) mass is 538 g/mol. The number of fused-ring (bicyclic) bond motifs is 13. The Morgan fingerprint density at radius 2 is 1.84 bits per heavy atom. The number of carbonyl (C=O) groups is 4. The smallest absolute Gasteiger partial charge is 0.328 e. The second-order valence-corrected chi connectivity index (χ2v) is 8.21. The van der Waals surface area contributed by atoms with E-state index in [0.717, 1.165) is 5.56 Å². The van der Waals surface area contributed by atoms with Crippen molar-refractivity contribution in [2.75, 3.05) is 20.3 Å². The first kappa shape index (κ1) is 31.2. The van der Waals surface area contributed by atoms with Gasteiger partial charge < -0.3 is 36.9 Å². The van der Waals surface area contributed by atoms with Crippen molar-refractivity contribution in [1.82, 2.24) is 16.0 Å². The molecule has 0 saturated heterocycles. The number of esters is 1. The first-order valence-electron chi connectivity index (χ1n) is 11.6. The molecule has 1 aromatic carbocycles. The van der Waals surface area contributed by atoms with Crippen LogP contribution in [0.4, 0.5) is 0 Å². The fraction of sp³-hybridized carbons (Fsp3) is 0.458. The molecule has 0 aromatic heterocycles. The summed E-state index contributed by atoms with van der Waals surface area (Å²) in [6, 6.07) is 4.20. The van der Waals surface area contributed by atoms with E-state index in [-0.39, 0.29) is 50.8 Å². The second-order valence-electron chi connectivity index (χ2n) is 8.21. The highest BCUT2D eigenvalue weighted by Gasteiger charge is 2.29. The quantitative estimate of drug-likeness (QED) is 0.107. The summed E-state index contributed by atoms with van der Waals surface area (Å²) in [5.74, 6) is -1.63. The number of hydrogen-bond acceptors (Lipinski definition) is 7. The number of halogens is 1. The largest absolute Gasteiger partial charge is 0.490 e. The number of rotatable bonds is 6. The van der Waals surface area contributed by atoms with Crippen molar-refractivity contribution in [3.63, 3.8) is 0 Å². The predicted molar refractivity (Wildman–Crippen MR) is 140 cm³/mol. The molecule has 2 bridgehead atoms. The van der Waals surface area contributed by atoms with E-state index in [0.29, 0.717) is 12.2 Å². The van der Waals surface area contributed by atoms with Crippen molar-refractivity contribution in [3.05, 3.63) is 42.0 Å². The normalized spacial score (nSPS) is 21.1. The molecule has 2 aliphatic rings. The van der Waals surface area contributed by atoms with Gasteiger partial charge >= 0.3 is 5.97 Å². The molecule has 7 N–H and O–H groups in total. The Morgan fingerprint density at radius 1 is 1.14 bits per heavy atom. The highest BCUT2D eigenvalue weighted by atomic mass is 35.5. The zero-order valence-corrected chi connectivity index (χ0v) is 21.7. The standard InChI is InChI=1S/C24H34N6O6.ClH/c1-15(31)28-20-14-16-8-10-17(11-9-16)36-13-4-3-6-19(23(34)35-2)30-21(32)18(29-22(20)33)7-5-12-27-24(25)26;/h3-4,8-11,18-20H,5-7,12-14H2,1-2H3,(H,28,31)(H,29,33)(H,30,32)(H4,25,26,27);1H/b4-3-;/t18-,19-,20+;/m1./s1. The van der Waals surface area contributed by atoms with Crippen molar-refractivity contribution < 1.29 is 28.7 Å². The summed E-state index contributed by atoms with van der Waals surface area (Å²) in [5, 5.41) is 7.97. The van der Waals surface area contributed by atoms with Crippen molar-refractivity contribution in [3.8, 4) is 5.75 Å². The van der Waals surface area contributed by atoms with Crippen LogP contribution in [0.5, 0.6) is 5.75 Å². The van der Waals surface area contributed by atoms with Crippen molar-refractivity contribution in [2.45, 2.75) is 50.7 Å². The van der Waals surface area contributed by atoms with E-state index >= 15 is 0 Å². The minimum Gasteiger partial charge on any atom is -0.490 e. The lowest BCUT2D eigenvalue weighted by molar-refractivity contribution is -0.145. The van der Waals surface area contributed by atoms with Crippen LogP contribution in [0.2, 0.25) is 0 Å². The number of benzene rings is 1. The van der Waals surface area contributed by atoms with Gasteiger partial charge in [-0.1, -0.05) is 24.3 Å². The Hall–Kier alpha value is -3.80. The molecule has 204 valence electrons. The van der Waals surface area contributed by atoms with Crippen molar-refractivity contribution in [1.29, 1.82) is 0 Å². The maximum Gasteiger partial charge on any atom is 0.328 e. The SMILES string of the molecule is COC(=O)[C@H]1C/C=C\COc2ccc(cc2)C[C@H](NC(C)=O)C(=O)N[C@H](CCCN=C(N)N)C(=O)N1.Cl. The maximum absolute atomic E-state index is 13.2. The molecule has 0 radical (unpaired) electrons. The van der Waals surface area contributed by atoms with Crippen LogP contribution in [-0.2, 0) is 30.3 Å². The van der Waals surface area contributed by atoms with E-state index < -0.39 is 41.8 Å². The van der Waals surface area contributed by atoms with Gasteiger partial charge in [0.05, 0.1) is 7.11 Å². The van der Waals surface area contributed by atoms with Crippen LogP contribution in [0.1, 0.15) is 31.7 Å². The van der Waals surface area contributed by atoms with Gasteiger partial charge in [-0.15, -0.1) is 12.4 Å². The number of nitrogens with one attached hydrogen (secondary N) is 3. The summed E-state index contributed by atoms with van der Waals surface area (Å²) in [5.41, 5.74) is 11.5. The average molecular weight is 539 g/mol. The van der Waals surface area contributed by atoms with Gasteiger partial charge in [0.25, 0.3) is 0 Å². The lowest BCUT2D eigenvalue weighted by Crippen LogP contribution is -2.56. The van der Waals surface area contributed by atoms with Gasteiger partial charge in [-0.05, 0) is 37.0 Å². The fourth-order valence-electron chi connectivity index (χ4n) is 3.53. The second kappa shape index (κ2) is 16.0. The van der Waals surface area contributed by atoms with Crippen LogP contribution in [0.25, 0.3) is 0 Å². The van der Waals surface area contributed by atoms with E-state index in [1.54, 1.807) is 36.4 Å². The number of nitrogens with zero attached hydrogens (tertiary/aromatic N) is 1. The molecule has 0 fully saturated rings. The summed E-state index contributed by atoms with van der Waals surface area (Å²) in [7, 11) is 1.22. The maximum atomic E-state index is 13.2. The van der Waals surface area contributed by atoms with Gasteiger partial charge in [-0.2, -0.15) is 0 Å². The Kier molecular flexibility index (Phi) is 13.5. The molecule has 12 nitrogen and oxygen atoms in total. The molecule has 2 heterocycles. The van der Waals surface area contributed by atoms with Gasteiger partial charge in [0, 0.05) is 19.9 Å². The van der Waals surface area contributed by atoms with Gasteiger partial charge in [0.15, 0.2) is 5.96 Å². The van der Waals surface area contributed by atoms with E-state index in [2.05, 4.69) is 20.9 Å². The Morgan fingerprint density at radius 3 is 2.46 bits per heavy atom.